The van der Waals surface area contributed by atoms with Crippen LogP contribution in [-0.2, 0) is 0 Å². The molecule has 1 aliphatic carbocycles. The van der Waals surface area contributed by atoms with Crippen molar-refractivity contribution in [1.29, 1.82) is 0 Å². The van der Waals surface area contributed by atoms with Gasteiger partial charge in [0.25, 0.3) is 5.24 Å². The largest absolute Gasteiger partial charge is 0.320 e. The van der Waals surface area contributed by atoms with E-state index in [1.807, 2.05) is 4.57 Å². The van der Waals surface area contributed by atoms with Crippen LogP contribution in [0.1, 0.15) is 36.3 Å². The van der Waals surface area contributed by atoms with Gasteiger partial charge in [-0.05, 0) is 36.9 Å². The molecule has 84 valence electrons. The second-order valence-electron chi connectivity index (χ2n) is 3.84. The number of allylic oxidation sites excluding steroid dienone is 4. The molecule has 3 nitrogen and oxygen atoms in total. The van der Waals surface area contributed by atoms with Crippen LogP contribution in [-0.4, -0.2) is 14.8 Å². The molecule has 1 aliphatic rings. The number of halogens is 1. The Morgan fingerprint density at radius 2 is 2.44 bits per heavy atom. The molecule has 0 spiro atoms. The van der Waals surface area contributed by atoms with Crippen molar-refractivity contribution < 1.29 is 4.79 Å². The molecule has 2 rings (SSSR count). The number of rotatable bonds is 3. The number of hydrogen-bond donors (Lipinski definition) is 0. The minimum Gasteiger partial charge on any atom is -0.320 e. The average molecular weight is 237 g/mol. The molecule has 0 unspecified atom stereocenters. The van der Waals surface area contributed by atoms with Gasteiger partial charge in [-0.3, -0.25) is 4.79 Å². The van der Waals surface area contributed by atoms with Gasteiger partial charge >= 0.3 is 0 Å². The molecule has 0 N–H and O–H groups in total. The number of hydrogen-bond acceptors (Lipinski definition) is 2. The van der Waals surface area contributed by atoms with Gasteiger partial charge in [0.05, 0.1) is 18.6 Å². The van der Waals surface area contributed by atoms with E-state index >= 15 is 0 Å². The molecule has 1 atom stereocenters. The minimum absolute atomic E-state index is 0.130. The van der Waals surface area contributed by atoms with Crippen LogP contribution in [0, 0.1) is 0 Å². The molecule has 16 heavy (non-hydrogen) atoms. The Bertz CT molecular complexity index is 459. The third-order valence-corrected chi connectivity index (χ3v) is 3.06. The molecular weight excluding hydrogens is 224 g/mol. The third kappa shape index (κ3) is 2.09. The van der Waals surface area contributed by atoms with Crippen LogP contribution < -0.4 is 0 Å². The first kappa shape index (κ1) is 11.1. The van der Waals surface area contributed by atoms with Crippen molar-refractivity contribution in [2.24, 2.45) is 0 Å². The summed E-state index contributed by atoms with van der Waals surface area (Å²) in [6, 6.07) is 0.130. The summed E-state index contributed by atoms with van der Waals surface area (Å²) in [5.74, 6) is 0. The van der Waals surface area contributed by atoms with Gasteiger partial charge in [0.1, 0.15) is 5.69 Å². The van der Waals surface area contributed by atoms with E-state index in [9.17, 15) is 4.79 Å². The lowest BCUT2D eigenvalue weighted by molar-refractivity contribution is 0.107. The summed E-state index contributed by atoms with van der Waals surface area (Å²) in [5, 5.41) is -0.462. The van der Waals surface area contributed by atoms with E-state index in [0.717, 1.165) is 12.8 Å². The highest BCUT2D eigenvalue weighted by Gasteiger charge is 2.17. The zero-order valence-corrected chi connectivity index (χ0v) is 9.81. The van der Waals surface area contributed by atoms with Gasteiger partial charge in [-0.25, -0.2) is 4.98 Å². The Morgan fingerprint density at radius 1 is 1.62 bits per heavy atom. The number of carbonyl (C=O) groups is 1. The first-order valence-corrected chi connectivity index (χ1v) is 5.65. The molecule has 4 heteroatoms. The summed E-state index contributed by atoms with van der Waals surface area (Å²) in [4.78, 5) is 15.2. The number of carbonyl (C=O) groups excluding carboxylic acids is 1. The average Bonchev–Trinajstić information content (AvgIpc) is 2.78. The second kappa shape index (κ2) is 4.66. The van der Waals surface area contributed by atoms with E-state index in [0.29, 0.717) is 5.69 Å². The zero-order valence-electron chi connectivity index (χ0n) is 9.06. The van der Waals surface area contributed by atoms with Crippen molar-refractivity contribution in [3.8, 4) is 0 Å². The first-order valence-electron chi connectivity index (χ1n) is 5.27. The predicted molar refractivity (Wildman–Crippen MR) is 63.6 cm³/mol. The highest BCUT2D eigenvalue weighted by atomic mass is 35.5. The number of nitrogens with zero attached hydrogens (tertiary/aromatic N) is 2. The van der Waals surface area contributed by atoms with Gasteiger partial charge in [0, 0.05) is 0 Å². The zero-order chi connectivity index (χ0) is 11.5. The second-order valence-corrected chi connectivity index (χ2v) is 4.19. The highest BCUT2D eigenvalue weighted by Crippen LogP contribution is 2.26. The van der Waals surface area contributed by atoms with Gasteiger partial charge < -0.3 is 4.57 Å². The summed E-state index contributed by atoms with van der Waals surface area (Å²) in [5.41, 5.74) is 1.74. The fraction of sp³-hybridized carbons (Fsp3) is 0.333. The number of imidazole rings is 1. The van der Waals surface area contributed by atoms with E-state index < -0.39 is 5.24 Å². The molecule has 1 heterocycles. The van der Waals surface area contributed by atoms with Crippen LogP contribution in [0.15, 0.2) is 36.3 Å². The van der Waals surface area contributed by atoms with Gasteiger partial charge in [-0.2, -0.15) is 0 Å². The highest BCUT2D eigenvalue weighted by molar-refractivity contribution is 6.67. The van der Waals surface area contributed by atoms with Crippen molar-refractivity contribution in [2.75, 3.05) is 0 Å². The molecule has 0 bridgehead atoms. The molecule has 0 amide bonds. The van der Waals surface area contributed by atoms with Gasteiger partial charge in [-0.1, -0.05) is 18.2 Å². The molecular formula is C12H13ClN2O. The number of aromatic nitrogens is 2. The lowest BCUT2D eigenvalue weighted by atomic mass is 9.99. The third-order valence-electron chi connectivity index (χ3n) is 2.87. The van der Waals surface area contributed by atoms with Crippen molar-refractivity contribution in [3.63, 3.8) is 0 Å². The predicted octanol–water partition coefficient (Wildman–Crippen LogP) is 3.10. The Hall–Kier alpha value is -1.35. The van der Waals surface area contributed by atoms with E-state index in [-0.39, 0.29) is 6.04 Å². The maximum atomic E-state index is 11.2. The maximum Gasteiger partial charge on any atom is 0.270 e. The maximum absolute atomic E-state index is 11.2. The Morgan fingerprint density at radius 3 is 3.06 bits per heavy atom. The molecule has 0 saturated carbocycles. The normalized spacial score (nSPS) is 17.0. The van der Waals surface area contributed by atoms with Crippen LogP contribution in [0.3, 0.4) is 0 Å². The van der Waals surface area contributed by atoms with E-state index in [4.69, 9.17) is 11.6 Å². The van der Waals surface area contributed by atoms with Gasteiger partial charge in [-0.15, -0.1) is 0 Å². The first-order chi connectivity index (χ1) is 7.70. The van der Waals surface area contributed by atoms with Crippen molar-refractivity contribution >= 4 is 16.8 Å². The van der Waals surface area contributed by atoms with E-state index in [2.05, 4.69) is 30.1 Å². The summed E-state index contributed by atoms with van der Waals surface area (Å²) in [6.07, 6.45) is 11.5. The molecule has 0 fully saturated rings. The standard InChI is InChI=1S/C12H13ClN2O/c1-9(10-5-3-2-4-6-10)15-8-14-7-11(15)12(13)16/h2-3,5,7-9H,4,6H2,1H3/t9-/m1/s1. The Balaban J connectivity index is 2.29. The fourth-order valence-corrected chi connectivity index (χ4v) is 2.06. The summed E-state index contributed by atoms with van der Waals surface area (Å²) < 4.78 is 1.82. The lowest BCUT2D eigenvalue weighted by Gasteiger charge is -2.20. The summed E-state index contributed by atoms with van der Waals surface area (Å²) >= 11 is 5.50. The molecule has 0 aliphatic heterocycles. The van der Waals surface area contributed by atoms with Gasteiger partial charge in [0.2, 0.25) is 0 Å². The monoisotopic (exact) mass is 236 g/mol. The van der Waals surface area contributed by atoms with Crippen molar-refractivity contribution in [1.82, 2.24) is 9.55 Å². The Labute approximate surface area is 99.4 Å². The quantitative estimate of drug-likeness (QED) is 0.756. The molecule has 0 saturated heterocycles. The Kier molecular flexibility index (Phi) is 3.25. The topological polar surface area (TPSA) is 34.9 Å². The van der Waals surface area contributed by atoms with Crippen molar-refractivity contribution in [3.05, 3.63) is 42.0 Å². The van der Waals surface area contributed by atoms with Crippen LogP contribution in [0.5, 0.6) is 0 Å². The van der Waals surface area contributed by atoms with Crippen LogP contribution >= 0.6 is 11.6 Å². The minimum atomic E-state index is -0.462. The fourth-order valence-electron chi connectivity index (χ4n) is 1.91. The smallest absolute Gasteiger partial charge is 0.270 e. The molecule has 1 aromatic rings. The van der Waals surface area contributed by atoms with E-state index in [1.54, 1.807) is 6.33 Å². The van der Waals surface area contributed by atoms with Crippen LogP contribution in [0.4, 0.5) is 0 Å². The lowest BCUT2D eigenvalue weighted by Crippen LogP contribution is -2.12. The van der Waals surface area contributed by atoms with Crippen LogP contribution in [0.2, 0.25) is 0 Å². The molecule has 0 radical (unpaired) electrons. The van der Waals surface area contributed by atoms with Gasteiger partial charge in [0.15, 0.2) is 0 Å². The summed E-state index contributed by atoms with van der Waals surface area (Å²) in [7, 11) is 0. The molecule has 1 aromatic heterocycles. The van der Waals surface area contributed by atoms with Crippen LogP contribution in [0.25, 0.3) is 0 Å². The van der Waals surface area contributed by atoms with Crippen molar-refractivity contribution in [2.45, 2.75) is 25.8 Å². The van der Waals surface area contributed by atoms with E-state index in [1.165, 1.54) is 11.8 Å². The summed E-state index contributed by atoms with van der Waals surface area (Å²) in [6.45, 7) is 2.05. The molecule has 0 aromatic carbocycles. The SMILES string of the molecule is C[C@H](C1=CC=CCC1)n1cncc1C(=O)Cl.